The van der Waals surface area contributed by atoms with E-state index in [1.54, 1.807) is 0 Å². The summed E-state index contributed by atoms with van der Waals surface area (Å²) in [5.41, 5.74) is 8.33. The van der Waals surface area contributed by atoms with Crippen LogP contribution in [0.15, 0.2) is 36.5 Å². The number of rotatable bonds is 3. The van der Waals surface area contributed by atoms with Gasteiger partial charge < -0.3 is 10.5 Å². The number of benzene rings is 1. The van der Waals surface area contributed by atoms with E-state index in [-0.39, 0.29) is 12.1 Å². The van der Waals surface area contributed by atoms with Gasteiger partial charge in [-0.25, -0.2) is 0 Å². The number of hydrogen-bond donors (Lipinski definition) is 1. The zero-order valence-corrected chi connectivity index (χ0v) is 11.8. The molecular weight excluding hydrogens is 250 g/mol. The molecule has 2 unspecified atom stereocenters. The smallest absolute Gasteiger partial charge is 0.0850 e. The molecule has 4 heteroatoms. The number of ether oxygens (including phenoxy) is 1. The number of hydrogen-bond acceptors (Lipinski definition) is 4. The molecule has 0 aliphatic carbocycles. The average Bonchev–Trinajstić information content (AvgIpc) is 2.48. The molecule has 0 amide bonds. The Balaban J connectivity index is 1.79. The van der Waals surface area contributed by atoms with Gasteiger partial charge in [-0.3, -0.25) is 9.88 Å². The topological polar surface area (TPSA) is 51.4 Å². The Kier molecular flexibility index (Phi) is 3.96. The van der Waals surface area contributed by atoms with Crippen LogP contribution in [-0.4, -0.2) is 41.7 Å². The molecule has 1 saturated heterocycles. The van der Waals surface area contributed by atoms with Gasteiger partial charge in [-0.15, -0.1) is 0 Å². The Bertz CT molecular complexity index is 579. The van der Waals surface area contributed by atoms with Crippen LogP contribution in [-0.2, 0) is 11.3 Å². The van der Waals surface area contributed by atoms with Crippen molar-refractivity contribution in [2.45, 2.75) is 25.6 Å². The Morgan fingerprint density at radius 1 is 1.40 bits per heavy atom. The van der Waals surface area contributed by atoms with Crippen LogP contribution in [0.2, 0.25) is 0 Å². The van der Waals surface area contributed by atoms with Crippen LogP contribution in [0, 0.1) is 0 Å². The molecule has 0 radical (unpaired) electrons. The number of nitrogens with two attached hydrogens (primary N) is 1. The Morgan fingerprint density at radius 2 is 2.25 bits per heavy atom. The summed E-state index contributed by atoms with van der Waals surface area (Å²) in [7, 11) is 0. The van der Waals surface area contributed by atoms with Crippen molar-refractivity contribution in [1.82, 2.24) is 9.88 Å². The maximum absolute atomic E-state index is 5.95. The molecule has 2 atom stereocenters. The van der Waals surface area contributed by atoms with Crippen LogP contribution >= 0.6 is 0 Å². The van der Waals surface area contributed by atoms with E-state index in [1.807, 2.05) is 19.2 Å². The molecule has 2 heterocycles. The zero-order valence-electron chi connectivity index (χ0n) is 11.8. The number of nitrogens with zero attached hydrogens (tertiary/aromatic N) is 2. The minimum absolute atomic E-state index is 0.0759. The number of morpholine rings is 1. The Labute approximate surface area is 119 Å². The summed E-state index contributed by atoms with van der Waals surface area (Å²) < 4.78 is 5.72. The highest BCUT2D eigenvalue weighted by molar-refractivity contribution is 5.81. The van der Waals surface area contributed by atoms with E-state index in [2.05, 4.69) is 34.1 Å². The SMILES string of the molecule is CC(N)C1CN(Cc2ccnc3ccccc23)CCO1. The van der Waals surface area contributed by atoms with Gasteiger partial charge >= 0.3 is 0 Å². The Morgan fingerprint density at radius 3 is 3.10 bits per heavy atom. The highest BCUT2D eigenvalue weighted by Gasteiger charge is 2.23. The first kappa shape index (κ1) is 13.5. The fourth-order valence-corrected chi connectivity index (χ4v) is 2.73. The maximum atomic E-state index is 5.95. The normalized spacial score (nSPS) is 22.0. The molecule has 1 fully saturated rings. The lowest BCUT2D eigenvalue weighted by Gasteiger charge is -2.34. The quantitative estimate of drug-likeness (QED) is 0.924. The summed E-state index contributed by atoms with van der Waals surface area (Å²) in [6, 6.07) is 10.5. The number of para-hydroxylation sites is 1. The molecule has 0 saturated carbocycles. The number of fused-ring (bicyclic) bond motifs is 1. The van der Waals surface area contributed by atoms with Crippen molar-refractivity contribution >= 4 is 10.9 Å². The van der Waals surface area contributed by atoms with Crippen molar-refractivity contribution in [3.8, 4) is 0 Å². The molecule has 1 aliphatic rings. The first-order valence-electron chi connectivity index (χ1n) is 7.16. The minimum Gasteiger partial charge on any atom is -0.374 e. The molecule has 0 bridgehead atoms. The molecule has 0 spiro atoms. The van der Waals surface area contributed by atoms with E-state index < -0.39 is 0 Å². The molecule has 2 N–H and O–H groups in total. The molecule has 20 heavy (non-hydrogen) atoms. The summed E-state index contributed by atoms with van der Waals surface area (Å²) in [5.74, 6) is 0. The number of aromatic nitrogens is 1. The average molecular weight is 271 g/mol. The summed E-state index contributed by atoms with van der Waals surface area (Å²) in [6.45, 7) is 5.55. The van der Waals surface area contributed by atoms with Crippen molar-refractivity contribution in [2.24, 2.45) is 5.73 Å². The fraction of sp³-hybridized carbons (Fsp3) is 0.438. The lowest BCUT2D eigenvalue weighted by Crippen LogP contribution is -2.49. The lowest BCUT2D eigenvalue weighted by molar-refractivity contribution is -0.0402. The van der Waals surface area contributed by atoms with Gasteiger partial charge in [0.2, 0.25) is 0 Å². The molecule has 3 rings (SSSR count). The molecule has 1 aromatic carbocycles. The van der Waals surface area contributed by atoms with Crippen LogP contribution in [0.3, 0.4) is 0 Å². The van der Waals surface area contributed by atoms with Crippen molar-refractivity contribution < 1.29 is 4.74 Å². The van der Waals surface area contributed by atoms with E-state index >= 15 is 0 Å². The van der Waals surface area contributed by atoms with Crippen molar-refractivity contribution in [3.05, 3.63) is 42.1 Å². The molecule has 1 aromatic heterocycles. The lowest BCUT2D eigenvalue weighted by atomic mass is 10.1. The highest BCUT2D eigenvalue weighted by Crippen LogP contribution is 2.19. The van der Waals surface area contributed by atoms with Gasteiger partial charge in [-0.1, -0.05) is 18.2 Å². The highest BCUT2D eigenvalue weighted by atomic mass is 16.5. The fourth-order valence-electron chi connectivity index (χ4n) is 2.73. The summed E-state index contributed by atoms with van der Waals surface area (Å²) in [5, 5.41) is 1.24. The van der Waals surface area contributed by atoms with Gasteiger partial charge in [0.05, 0.1) is 18.2 Å². The first-order valence-corrected chi connectivity index (χ1v) is 7.16. The van der Waals surface area contributed by atoms with Crippen molar-refractivity contribution in [1.29, 1.82) is 0 Å². The van der Waals surface area contributed by atoms with Gasteiger partial charge in [0.25, 0.3) is 0 Å². The monoisotopic (exact) mass is 271 g/mol. The third-order valence-corrected chi connectivity index (χ3v) is 3.90. The summed E-state index contributed by atoms with van der Waals surface area (Å²) in [6.07, 6.45) is 2.03. The zero-order chi connectivity index (χ0) is 13.9. The largest absolute Gasteiger partial charge is 0.374 e. The van der Waals surface area contributed by atoms with Crippen LogP contribution in [0.25, 0.3) is 10.9 Å². The van der Waals surface area contributed by atoms with E-state index in [0.717, 1.165) is 31.8 Å². The molecule has 1 aliphatic heterocycles. The molecule has 2 aromatic rings. The second-order valence-electron chi connectivity index (χ2n) is 5.49. The minimum atomic E-state index is 0.0759. The predicted molar refractivity (Wildman–Crippen MR) is 80.4 cm³/mol. The second kappa shape index (κ2) is 5.87. The van der Waals surface area contributed by atoms with E-state index in [0.29, 0.717) is 0 Å². The molecule has 106 valence electrons. The van der Waals surface area contributed by atoms with Gasteiger partial charge in [0.15, 0.2) is 0 Å². The molecule has 4 nitrogen and oxygen atoms in total. The van der Waals surface area contributed by atoms with Gasteiger partial charge in [-0.05, 0) is 24.6 Å². The van der Waals surface area contributed by atoms with Crippen LogP contribution < -0.4 is 5.73 Å². The van der Waals surface area contributed by atoms with Crippen LogP contribution in [0.5, 0.6) is 0 Å². The van der Waals surface area contributed by atoms with Crippen molar-refractivity contribution in [2.75, 3.05) is 19.7 Å². The van der Waals surface area contributed by atoms with Gasteiger partial charge in [-0.2, -0.15) is 0 Å². The molecular formula is C16H21N3O. The van der Waals surface area contributed by atoms with Gasteiger partial charge in [0.1, 0.15) is 0 Å². The maximum Gasteiger partial charge on any atom is 0.0850 e. The summed E-state index contributed by atoms with van der Waals surface area (Å²) in [4.78, 5) is 6.83. The van der Waals surface area contributed by atoms with Crippen LogP contribution in [0.1, 0.15) is 12.5 Å². The Hall–Kier alpha value is -1.49. The standard InChI is InChI=1S/C16H21N3O/c1-12(17)16-11-19(8-9-20-16)10-13-6-7-18-15-5-3-2-4-14(13)15/h2-7,12,16H,8-11,17H2,1H3. The third-order valence-electron chi connectivity index (χ3n) is 3.90. The van der Waals surface area contributed by atoms with Crippen LogP contribution in [0.4, 0.5) is 0 Å². The van der Waals surface area contributed by atoms with E-state index in [9.17, 15) is 0 Å². The first-order chi connectivity index (χ1) is 9.74. The number of pyridine rings is 1. The van der Waals surface area contributed by atoms with Crippen molar-refractivity contribution in [3.63, 3.8) is 0 Å². The van der Waals surface area contributed by atoms with E-state index in [1.165, 1.54) is 10.9 Å². The second-order valence-corrected chi connectivity index (χ2v) is 5.49. The van der Waals surface area contributed by atoms with Gasteiger partial charge in [0, 0.05) is 37.3 Å². The summed E-state index contributed by atoms with van der Waals surface area (Å²) >= 11 is 0. The van der Waals surface area contributed by atoms with E-state index in [4.69, 9.17) is 10.5 Å². The predicted octanol–water partition coefficient (Wildman–Crippen LogP) is 1.78. The third kappa shape index (κ3) is 2.82.